The highest BCUT2D eigenvalue weighted by atomic mass is 16.2. The Labute approximate surface area is 70.1 Å². The van der Waals surface area contributed by atoms with E-state index in [2.05, 4.69) is 10.6 Å². The monoisotopic (exact) mass is 169 g/mol. The van der Waals surface area contributed by atoms with E-state index in [0.717, 1.165) is 13.1 Å². The number of likely N-dealkylation sites (tertiary alicyclic amines) is 1. The van der Waals surface area contributed by atoms with Gasteiger partial charge in [-0.1, -0.05) is 0 Å². The molecule has 2 aliphatic heterocycles. The van der Waals surface area contributed by atoms with Crippen LogP contribution in [0, 0.1) is 5.92 Å². The maximum atomic E-state index is 11.2. The summed E-state index contributed by atoms with van der Waals surface area (Å²) in [6.07, 6.45) is 0. The molecule has 2 rings (SSSR count). The summed E-state index contributed by atoms with van der Waals surface area (Å²) in [7, 11) is 1.94. The number of hydrogen-bond acceptors (Lipinski definition) is 3. The molecule has 0 aromatic rings. The Balaban J connectivity index is 2.15. The van der Waals surface area contributed by atoms with Crippen molar-refractivity contribution in [3.05, 3.63) is 0 Å². The SMILES string of the molecule is CN1CC2NC(=O)NC(=O)C2C1. The zero-order valence-electron chi connectivity index (χ0n) is 6.83. The number of carbonyl (C=O) groups is 2. The Kier molecular flexibility index (Phi) is 1.54. The predicted octanol–water partition coefficient (Wildman–Crippen LogP) is -1.24. The quantitative estimate of drug-likeness (QED) is 0.476. The Morgan fingerprint density at radius 1 is 1.42 bits per heavy atom. The van der Waals surface area contributed by atoms with Gasteiger partial charge in [-0.3, -0.25) is 10.1 Å². The predicted molar refractivity (Wildman–Crippen MR) is 41.4 cm³/mol. The number of carbonyl (C=O) groups excluding carboxylic acids is 2. The minimum atomic E-state index is -0.364. The average molecular weight is 169 g/mol. The van der Waals surface area contributed by atoms with Crippen LogP contribution in [0.2, 0.25) is 0 Å². The Hall–Kier alpha value is -1.10. The lowest BCUT2D eigenvalue weighted by Gasteiger charge is -2.24. The molecule has 12 heavy (non-hydrogen) atoms. The van der Waals surface area contributed by atoms with Crippen LogP contribution in [0.25, 0.3) is 0 Å². The third-order valence-electron chi connectivity index (χ3n) is 2.39. The van der Waals surface area contributed by atoms with E-state index in [1.165, 1.54) is 0 Å². The number of hydrogen-bond donors (Lipinski definition) is 2. The van der Waals surface area contributed by atoms with Gasteiger partial charge in [0.15, 0.2) is 0 Å². The highest BCUT2D eigenvalue weighted by Crippen LogP contribution is 2.17. The van der Waals surface area contributed by atoms with Gasteiger partial charge in [0.2, 0.25) is 5.91 Å². The lowest BCUT2D eigenvalue weighted by molar-refractivity contribution is -0.124. The van der Waals surface area contributed by atoms with Crippen LogP contribution in [0.4, 0.5) is 4.79 Å². The summed E-state index contributed by atoms with van der Waals surface area (Å²) >= 11 is 0. The molecule has 2 N–H and O–H groups in total. The molecule has 0 radical (unpaired) electrons. The summed E-state index contributed by atoms with van der Waals surface area (Å²) in [4.78, 5) is 24.1. The van der Waals surface area contributed by atoms with Crippen molar-refractivity contribution in [1.29, 1.82) is 0 Å². The van der Waals surface area contributed by atoms with Gasteiger partial charge in [-0.05, 0) is 7.05 Å². The van der Waals surface area contributed by atoms with Crippen LogP contribution in [0.3, 0.4) is 0 Å². The Morgan fingerprint density at radius 2 is 2.17 bits per heavy atom. The van der Waals surface area contributed by atoms with Gasteiger partial charge in [-0.25, -0.2) is 4.79 Å². The van der Waals surface area contributed by atoms with Crippen molar-refractivity contribution in [2.45, 2.75) is 6.04 Å². The van der Waals surface area contributed by atoms with Gasteiger partial charge in [0.1, 0.15) is 0 Å². The van der Waals surface area contributed by atoms with E-state index in [1.54, 1.807) is 0 Å². The minimum absolute atomic E-state index is 0.0104. The molecule has 0 bridgehead atoms. The van der Waals surface area contributed by atoms with E-state index < -0.39 is 0 Å². The van der Waals surface area contributed by atoms with Crippen LogP contribution in [-0.2, 0) is 4.79 Å². The molecule has 5 nitrogen and oxygen atoms in total. The first-order valence-electron chi connectivity index (χ1n) is 3.97. The molecular formula is C7H11N3O2. The number of amides is 3. The summed E-state index contributed by atoms with van der Waals surface area (Å²) < 4.78 is 0. The molecule has 0 saturated carbocycles. The number of urea groups is 1. The molecule has 2 atom stereocenters. The summed E-state index contributed by atoms with van der Waals surface area (Å²) in [5.74, 6) is -0.208. The van der Waals surface area contributed by atoms with Crippen LogP contribution >= 0.6 is 0 Å². The summed E-state index contributed by atoms with van der Waals surface area (Å²) in [5, 5.41) is 4.98. The topological polar surface area (TPSA) is 61.4 Å². The van der Waals surface area contributed by atoms with Crippen LogP contribution in [0.1, 0.15) is 0 Å². The molecule has 0 aromatic heterocycles. The van der Waals surface area contributed by atoms with Gasteiger partial charge >= 0.3 is 6.03 Å². The summed E-state index contributed by atoms with van der Waals surface area (Å²) in [6.45, 7) is 1.50. The summed E-state index contributed by atoms with van der Waals surface area (Å²) in [5.41, 5.74) is 0. The smallest absolute Gasteiger partial charge is 0.321 e. The number of likely N-dealkylation sites (N-methyl/N-ethyl adjacent to an activating group) is 1. The second-order valence-electron chi connectivity index (χ2n) is 3.40. The number of nitrogens with one attached hydrogen (secondary N) is 2. The maximum absolute atomic E-state index is 11.2. The third-order valence-corrected chi connectivity index (χ3v) is 2.39. The molecule has 3 amide bonds. The number of nitrogens with zero attached hydrogens (tertiary/aromatic N) is 1. The molecule has 2 unspecified atom stereocenters. The second-order valence-corrected chi connectivity index (χ2v) is 3.40. The van der Waals surface area contributed by atoms with Crippen molar-refractivity contribution >= 4 is 11.9 Å². The van der Waals surface area contributed by atoms with Gasteiger partial charge < -0.3 is 10.2 Å². The molecule has 2 saturated heterocycles. The van der Waals surface area contributed by atoms with Crippen molar-refractivity contribution in [2.75, 3.05) is 20.1 Å². The van der Waals surface area contributed by atoms with E-state index in [-0.39, 0.29) is 23.9 Å². The third kappa shape index (κ3) is 1.06. The van der Waals surface area contributed by atoms with Crippen molar-refractivity contribution < 1.29 is 9.59 Å². The van der Waals surface area contributed by atoms with E-state index in [9.17, 15) is 9.59 Å². The number of rotatable bonds is 0. The van der Waals surface area contributed by atoms with Crippen molar-refractivity contribution in [1.82, 2.24) is 15.5 Å². The zero-order chi connectivity index (χ0) is 8.72. The zero-order valence-corrected chi connectivity index (χ0v) is 6.83. The largest absolute Gasteiger partial charge is 0.333 e. The Morgan fingerprint density at radius 3 is 2.92 bits per heavy atom. The molecule has 5 heteroatoms. The molecule has 2 aliphatic rings. The first-order chi connectivity index (χ1) is 5.66. The second kappa shape index (κ2) is 2.45. The first kappa shape index (κ1) is 7.54. The summed E-state index contributed by atoms with van der Waals surface area (Å²) in [6, 6.07) is -0.354. The fourth-order valence-electron chi connectivity index (χ4n) is 1.82. The van der Waals surface area contributed by atoms with Crippen LogP contribution < -0.4 is 10.6 Å². The average Bonchev–Trinajstić information content (AvgIpc) is 2.29. The molecule has 0 spiro atoms. The first-order valence-corrected chi connectivity index (χ1v) is 3.97. The lowest BCUT2D eigenvalue weighted by atomic mass is 10.0. The number of fused-ring (bicyclic) bond motifs is 1. The standard InChI is InChI=1S/C7H11N3O2/c1-10-2-4-5(3-10)8-7(12)9-6(4)11/h4-5H,2-3H2,1H3,(H2,8,9,11,12). The van der Waals surface area contributed by atoms with E-state index >= 15 is 0 Å². The van der Waals surface area contributed by atoms with Gasteiger partial charge in [0.25, 0.3) is 0 Å². The normalized spacial score (nSPS) is 35.8. The van der Waals surface area contributed by atoms with Crippen LogP contribution in [0.5, 0.6) is 0 Å². The van der Waals surface area contributed by atoms with Gasteiger partial charge in [0, 0.05) is 13.1 Å². The van der Waals surface area contributed by atoms with E-state index in [1.807, 2.05) is 11.9 Å². The van der Waals surface area contributed by atoms with Crippen molar-refractivity contribution in [3.8, 4) is 0 Å². The number of imide groups is 1. The van der Waals surface area contributed by atoms with Gasteiger partial charge in [-0.2, -0.15) is 0 Å². The maximum Gasteiger partial charge on any atom is 0.321 e. The van der Waals surface area contributed by atoms with Crippen molar-refractivity contribution in [3.63, 3.8) is 0 Å². The van der Waals surface area contributed by atoms with Gasteiger partial charge in [-0.15, -0.1) is 0 Å². The van der Waals surface area contributed by atoms with Crippen LogP contribution in [0.15, 0.2) is 0 Å². The molecule has 0 aromatic carbocycles. The minimum Gasteiger partial charge on any atom is -0.333 e. The molecule has 0 aliphatic carbocycles. The highest BCUT2D eigenvalue weighted by Gasteiger charge is 2.40. The highest BCUT2D eigenvalue weighted by molar-refractivity contribution is 5.98. The molecule has 2 heterocycles. The molecule has 2 fully saturated rings. The lowest BCUT2D eigenvalue weighted by Crippen LogP contribution is -2.57. The Bertz CT molecular complexity index is 241. The fourth-order valence-corrected chi connectivity index (χ4v) is 1.82. The fraction of sp³-hybridized carbons (Fsp3) is 0.714. The van der Waals surface area contributed by atoms with Crippen LogP contribution in [-0.4, -0.2) is 43.0 Å². The van der Waals surface area contributed by atoms with E-state index in [4.69, 9.17) is 0 Å². The van der Waals surface area contributed by atoms with Gasteiger partial charge in [0.05, 0.1) is 12.0 Å². The van der Waals surface area contributed by atoms with E-state index in [0.29, 0.717) is 0 Å². The molecule has 66 valence electrons. The van der Waals surface area contributed by atoms with Crippen molar-refractivity contribution in [2.24, 2.45) is 5.92 Å². The molecular weight excluding hydrogens is 158 g/mol.